The van der Waals surface area contributed by atoms with E-state index in [2.05, 4.69) is 9.62 Å². The van der Waals surface area contributed by atoms with Gasteiger partial charge in [0.2, 0.25) is 10.0 Å². The fraction of sp³-hybridized carbons (Fsp3) is 0.600. The molecule has 0 saturated carbocycles. The summed E-state index contributed by atoms with van der Waals surface area (Å²) < 4.78 is 27.8. The quantitative estimate of drug-likeness (QED) is 0.829. The number of nitrogens with one attached hydrogen (secondary N) is 1. The number of hydrogen-bond donors (Lipinski definition) is 2. The van der Waals surface area contributed by atoms with Crippen LogP contribution < -0.4 is 10.5 Å². The number of nitrogens with zero attached hydrogens (tertiary/aromatic N) is 1. The Kier molecular flexibility index (Phi) is 4.91. The van der Waals surface area contributed by atoms with Crippen LogP contribution in [0.5, 0.6) is 0 Å². The summed E-state index contributed by atoms with van der Waals surface area (Å²) >= 11 is 0. The Hall–Kier alpha value is -1.11. The Bertz CT molecular complexity index is 614. The monoisotopic (exact) mass is 311 g/mol. The molecule has 0 radical (unpaired) electrons. The third-order valence-corrected chi connectivity index (χ3v) is 5.91. The molecule has 0 aliphatic carbocycles. The van der Waals surface area contributed by atoms with Crippen molar-refractivity contribution in [3.05, 3.63) is 23.3 Å². The van der Waals surface area contributed by atoms with Crippen LogP contribution in [0.2, 0.25) is 0 Å². The van der Waals surface area contributed by atoms with E-state index in [0.717, 1.165) is 30.5 Å². The zero-order valence-corrected chi connectivity index (χ0v) is 13.8. The van der Waals surface area contributed by atoms with Gasteiger partial charge in [0.15, 0.2) is 0 Å². The molecule has 1 aromatic rings. The highest BCUT2D eigenvalue weighted by Crippen LogP contribution is 2.22. The number of piperidine rings is 1. The number of hydrogen-bond acceptors (Lipinski definition) is 4. The van der Waals surface area contributed by atoms with E-state index in [-0.39, 0.29) is 6.04 Å². The van der Waals surface area contributed by atoms with Crippen molar-refractivity contribution >= 4 is 15.7 Å². The topological polar surface area (TPSA) is 75.4 Å². The molecule has 0 amide bonds. The Balaban J connectivity index is 2.15. The van der Waals surface area contributed by atoms with Crippen molar-refractivity contribution in [1.82, 2.24) is 9.62 Å². The van der Waals surface area contributed by atoms with Gasteiger partial charge in [-0.05, 0) is 63.5 Å². The predicted molar refractivity (Wildman–Crippen MR) is 85.8 cm³/mol. The number of nitrogens with two attached hydrogens (primary N) is 1. The lowest BCUT2D eigenvalue weighted by Gasteiger charge is -2.32. The molecule has 21 heavy (non-hydrogen) atoms. The summed E-state index contributed by atoms with van der Waals surface area (Å²) in [5.41, 5.74) is 7.92. The molecule has 1 atom stereocenters. The maximum absolute atomic E-state index is 12.5. The molecule has 3 N–H and O–H groups in total. The fourth-order valence-electron chi connectivity index (χ4n) is 2.82. The van der Waals surface area contributed by atoms with Gasteiger partial charge >= 0.3 is 0 Å². The Morgan fingerprint density at radius 2 is 2.05 bits per heavy atom. The van der Waals surface area contributed by atoms with Gasteiger partial charge in [-0.1, -0.05) is 6.42 Å². The number of likely N-dealkylation sites (tertiary alicyclic amines) is 1. The van der Waals surface area contributed by atoms with Gasteiger partial charge in [0, 0.05) is 18.3 Å². The number of sulfonamides is 1. The SMILES string of the molecule is Cc1cc(N)cc(S(=O)(=O)NCC2CCCCN2C)c1C. The van der Waals surface area contributed by atoms with E-state index in [9.17, 15) is 8.42 Å². The Labute approximate surface area is 127 Å². The van der Waals surface area contributed by atoms with Gasteiger partial charge in [-0.15, -0.1) is 0 Å². The van der Waals surface area contributed by atoms with Crippen LogP contribution in [0.1, 0.15) is 30.4 Å². The Morgan fingerprint density at radius 3 is 2.71 bits per heavy atom. The number of likely N-dealkylation sites (N-methyl/N-ethyl adjacent to an activating group) is 1. The van der Waals surface area contributed by atoms with Gasteiger partial charge in [0.1, 0.15) is 0 Å². The lowest BCUT2D eigenvalue weighted by atomic mass is 10.0. The van der Waals surface area contributed by atoms with Crippen LogP contribution in [-0.4, -0.2) is 39.5 Å². The van der Waals surface area contributed by atoms with E-state index in [0.29, 0.717) is 17.1 Å². The van der Waals surface area contributed by atoms with Crippen molar-refractivity contribution < 1.29 is 8.42 Å². The molecule has 0 aromatic heterocycles. The van der Waals surface area contributed by atoms with E-state index < -0.39 is 10.0 Å². The maximum Gasteiger partial charge on any atom is 0.240 e. The first-order valence-electron chi connectivity index (χ1n) is 7.38. The van der Waals surface area contributed by atoms with Crippen molar-refractivity contribution in [2.45, 2.75) is 44.0 Å². The highest BCUT2D eigenvalue weighted by atomic mass is 32.2. The third-order valence-electron chi connectivity index (χ3n) is 4.36. The van der Waals surface area contributed by atoms with Crippen molar-refractivity contribution in [2.75, 3.05) is 25.9 Å². The summed E-state index contributed by atoms with van der Waals surface area (Å²) in [5.74, 6) is 0. The van der Waals surface area contributed by atoms with Gasteiger partial charge in [0.05, 0.1) is 4.90 Å². The van der Waals surface area contributed by atoms with E-state index in [1.165, 1.54) is 12.5 Å². The first-order chi connectivity index (χ1) is 9.81. The zero-order valence-electron chi connectivity index (χ0n) is 13.0. The number of aryl methyl sites for hydroxylation is 1. The predicted octanol–water partition coefficient (Wildman–Crippen LogP) is 1.65. The second kappa shape index (κ2) is 6.34. The molecular weight excluding hydrogens is 286 g/mol. The van der Waals surface area contributed by atoms with E-state index in [1.807, 2.05) is 20.9 Å². The molecule has 1 aliphatic rings. The molecule has 5 nitrogen and oxygen atoms in total. The molecule has 1 fully saturated rings. The number of rotatable bonds is 4. The highest BCUT2D eigenvalue weighted by Gasteiger charge is 2.23. The minimum Gasteiger partial charge on any atom is -0.399 e. The van der Waals surface area contributed by atoms with Gasteiger partial charge < -0.3 is 10.6 Å². The van der Waals surface area contributed by atoms with Crippen molar-refractivity contribution in [3.8, 4) is 0 Å². The molecule has 0 bridgehead atoms. The summed E-state index contributed by atoms with van der Waals surface area (Å²) in [6.45, 7) is 5.17. The molecule has 118 valence electrons. The van der Waals surface area contributed by atoms with Crippen LogP contribution in [-0.2, 0) is 10.0 Å². The van der Waals surface area contributed by atoms with Crippen LogP contribution in [0.25, 0.3) is 0 Å². The number of anilines is 1. The summed E-state index contributed by atoms with van der Waals surface area (Å²) in [5, 5.41) is 0. The minimum atomic E-state index is -3.52. The van der Waals surface area contributed by atoms with Gasteiger partial charge in [0.25, 0.3) is 0 Å². The molecule has 0 spiro atoms. The molecule has 1 aliphatic heterocycles. The summed E-state index contributed by atoms with van der Waals surface area (Å²) in [4.78, 5) is 2.52. The molecule has 2 rings (SSSR count). The molecule has 1 saturated heterocycles. The summed E-state index contributed by atoms with van der Waals surface area (Å²) in [7, 11) is -1.47. The normalized spacial score (nSPS) is 20.6. The average molecular weight is 311 g/mol. The highest BCUT2D eigenvalue weighted by molar-refractivity contribution is 7.89. The standard InChI is InChI=1S/C15H25N3O2S/c1-11-8-13(16)9-15(12(11)2)21(19,20)17-10-14-6-4-5-7-18(14)3/h8-9,14,17H,4-7,10,16H2,1-3H3. The van der Waals surface area contributed by atoms with Crippen LogP contribution in [0, 0.1) is 13.8 Å². The zero-order chi connectivity index (χ0) is 15.6. The van der Waals surface area contributed by atoms with E-state index in [4.69, 9.17) is 5.73 Å². The van der Waals surface area contributed by atoms with Crippen LogP contribution >= 0.6 is 0 Å². The van der Waals surface area contributed by atoms with Crippen molar-refractivity contribution in [3.63, 3.8) is 0 Å². The summed E-state index contributed by atoms with van der Waals surface area (Å²) in [6.07, 6.45) is 3.38. The second-order valence-electron chi connectivity index (χ2n) is 5.94. The van der Waals surface area contributed by atoms with Gasteiger partial charge in [-0.25, -0.2) is 13.1 Å². The first kappa shape index (κ1) is 16.3. The van der Waals surface area contributed by atoms with Gasteiger partial charge in [-0.2, -0.15) is 0 Å². The van der Waals surface area contributed by atoms with E-state index >= 15 is 0 Å². The molecular formula is C15H25N3O2S. The average Bonchev–Trinajstić information content (AvgIpc) is 2.42. The lowest BCUT2D eigenvalue weighted by Crippen LogP contribution is -2.44. The number of benzene rings is 1. The van der Waals surface area contributed by atoms with Gasteiger partial charge in [-0.3, -0.25) is 0 Å². The van der Waals surface area contributed by atoms with Crippen LogP contribution in [0.3, 0.4) is 0 Å². The molecule has 1 heterocycles. The maximum atomic E-state index is 12.5. The Morgan fingerprint density at radius 1 is 1.33 bits per heavy atom. The van der Waals surface area contributed by atoms with Crippen molar-refractivity contribution in [2.24, 2.45) is 0 Å². The van der Waals surface area contributed by atoms with Crippen molar-refractivity contribution in [1.29, 1.82) is 0 Å². The fourth-order valence-corrected chi connectivity index (χ4v) is 4.24. The molecule has 1 aromatic carbocycles. The first-order valence-corrected chi connectivity index (χ1v) is 8.86. The molecule has 1 unspecified atom stereocenters. The number of nitrogen functional groups attached to an aromatic ring is 1. The largest absolute Gasteiger partial charge is 0.399 e. The summed E-state index contributed by atoms with van der Waals surface area (Å²) in [6, 6.07) is 3.61. The van der Waals surface area contributed by atoms with Crippen LogP contribution in [0.4, 0.5) is 5.69 Å². The van der Waals surface area contributed by atoms with Crippen LogP contribution in [0.15, 0.2) is 17.0 Å². The second-order valence-corrected chi connectivity index (χ2v) is 7.68. The smallest absolute Gasteiger partial charge is 0.240 e. The third kappa shape index (κ3) is 3.75. The van der Waals surface area contributed by atoms with E-state index in [1.54, 1.807) is 6.07 Å². The molecule has 6 heteroatoms. The lowest BCUT2D eigenvalue weighted by molar-refractivity contribution is 0.187. The minimum absolute atomic E-state index is 0.274.